The van der Waals surface area contributed by atoms with Gasteiger partial charge in [0.1, 0.15) is 11.5 Å². The van der Waals surface area contributed by atoms with Crippen LogP contribution in [0.3, 0.4) is 0 Å². The quantitative estimate of drug-likeness (QED) is 0.623. The lowest BCUT2D eigenvalue weighted by atomic mass is 10.3. The molecule has 1 heterocycles. The second kappa shape index (κ2) is 8.12. The number of nitrogens with zero attached hydrogens (tertiary/aromatic N) is 2. The fraction of sp³-hybridized carbons (Fsp3) is 0.222. The van der Waals surface area contributed by atoms with Crippen LogP contribution >= 0.6 is 34.5 Å². The number of fused-ring (bicyclic) bond motifs is 1. The molecule has 0 unspecified atom stereocenters. The SMILES string of the molecule is CCOc1ccc2c(c1)sc(=NC(=O)COc1ccc(Cl)cc1Cl)n2C. The van der Waals surface area contributed by atoms with Gasteiger partial charge in [-0.1, -0.05) is 34.5 Å². The molecule has 0 saturated carbocycles. The van der Waals surface area contributed by atoms with E-state index in [0.29, 0.717) is 27.2 Å². The van der Waals surface area contributed by atoms with E-state index >= 15 is 0 Å². The number of rotatable bonds is 5. The Morgan fingerprint density at radius 2 is 2.00 bits per heavy atom. The van der Waals surface area contributed by atoms with Crippen LogP contribution < -0.4 is 14.3 Å². The smallest absolute Gasteiger partial charge is 0.286 e. The van der Waals surface area contributed by atoms with Gasteiger partial charge in [-0.25, -0.2) is 0 Å². The molecule has 0 aliphatic carbocycles. The van der Waals surface area contributed by atoms with E-state index in [4.69, 9.17) is 32.7 Å². The van der Waals surface area contributed by atoms with E-state index in [9.17, 15) is 4.79 Å². The first-order valence-corrected chi connectivity index (χ1v) is 9.43. The number of hydrogen-bond donors (Lipinski definition) is 0. The van der Waals surface area contributed by atoms with Gasteiger partial charge in [0.15, 0.2) is 11.4 Å². The first-order chi connectivity index (χ1) is 12.5. The fourth-order valence-electron chi connectivity index (χ4n) is 2.35. The molecule has 0 radical (unpaired) electrons. The number of hydrogen-bond acceptors (Lipinski definition) is 4. The largest absolute Gasteiger partial charge is 0.494 e. The molecule has 0 N–H and O–H groups in total. The summed E-state index contributed by atoms with van der Waals surface area (Å²) < 4.78 is 13.8. The summed E-state index contributed by atoms with van der Waals surface area (Å²) >= 11 is 13.3. The summed E-state index contributed by atoms with van der Waals surface area (Å²) in [5.41, 5.74) is 0.978. The molecule has 0 atom stereocenters. The third-order valence-electron chi connectivity index (χ3n) is 3.56. The number of aryl methyl sites for hydroxylation is 1. The summed E-state index contributed by atoms with van der Waals surface area (Å²) in [6.07, 6.45) is 0. The number of carbonyl (C=O) groups is 1. The summed E-state index contributed by atoms with van der Waals surface area (Å²) in [4.78, 5) is 16.9. The van der Waals surface area contributed by atoms with E-state index in [1.165, 1.54) is 11.3 Å². The van der Waals surface area contributed by atoms with Gasteiger partial charge in [0, 0.05) is 12.1 Å². The van der Waals surface area contributed by atoms with Gasteiger partial charge in [0.05, 0.1) is 21.8 Å². The van der Waals surface area contributed by atoms with Crippen LogP contribution in [0.2, 0.25) is 10.0 Å². The molecule has 136 valence electrons. The Labute approximate surface area is 164 Å². The van der Waals surface area contributed by atoms with Crippen LogP contribution in [-0.4, -0.2) is 23.7 Å². The first-order valence-electron chi connectivity index (χ1n) is 7.85. The molecule has 8 heteroatoms. The number of ether oxygens (including phenoxy) is 2. The highest BCUT2D eigenvalue weighted by molar-refractivity contribution is 7.16. The molecule has 0 bridgehead atoms. The van der Waals surface area contributed by atoms with Crippen molar-refractivity contribution in [3.8, 4) is 11.5 Å². The van der Waals surface area contributed by atoms with Crippen LogP contribution in [0, 0.1) is 0 Å². The van der Waals surface area contributed by atoms with Gasteiger partial charge in [-0.2, -0.15) is 4.99 Å². The summed E-state index contributed by atoms with van der Waals surface area (Å²) in [6, 6.07) is 10.6. The maximum Gasteiger partial charge on any atom is 0.286 e. The van der Waals surface area contributed by atoms with E-state index in [1.807, 2.05) is 36.7 Å². The molecule has 1 aromatic heterocycles. The van der Waals surface area contributed by atoms with Crippen molar-refractivity contribution in [3.05, 3.63) is 51.2 Å². The Bertz CT molecular complexity index is 1030. The minimum atomic E-state index is -0.400. The molecule has 0 saturated heterocycles. The maximum atomic E-state index is 12.2. The molecule has 1 amide bonds. The average molecular weight is 411 g/mol. The third kappa shape index (κ3) is 4.20. The van der Waals surface area contributed by atoms with Gasteiger partial charge in [-0.3, -0.25) is 4.79 Å². The Hall–Kier alpha value is -2.02. The lowest BCUT2D eigenvalue weighted by molar-refractivity contribution is -0.120. The van der Waals surface area contributed by atoms with Crippen LogP contribution in [0.5, 0.6) is 11.5 Å². The van der Waals surface area contributed by atoms with Gasteiger partial charge < -0.3 is 14.0 Å². The Balaban J connectivity index is 1.80. The number of benzene rings is 2. The van der Waals surface area contributed by atoms with Gasteiger partial charge in [-0.15, -0.1) is 0 Å². The molecule has 0 aliphatic heterocycles. The maximum absolute atomic E-state index is 12.2. The van der Waals surface area contributed by atoms with Gasteiger partial charge in [0.25, 0.3) is 5.91 Å². The minimum absolute atomic E-state index is 0.209. The third-order valence-corrected chi connectivity index (χ3v) is 5.18. The predicted molar refractivity (Wildman–Crippen MR) is 104 cm³/mol. The molecular weight excluding hydrogens is 395 g/mol. The van der Waals surface area contributed by atoms with Gasteiger partial charge >= 0.3 is 0 Å². The normalized spacial score (nSPS) is 11.8. The summed E-state index contributed by atoms with van der Waals surface area (Å²) in [5, 5.41) is 0.850. The van der Waals surface area contributed by atoms with Crippen molar-refractivity contribution in [2.24, 2.45) is 12.0 Å². The number of thiazole rings is 1. The van der Waals surface area contributed by atoms with Crippen LogP contribution in [-0.2, 0) is 11.8 Å². The average Bonchev–Trinajstić information content (AvgIpc) is 2.90. The summed E-state index contributed by atoms with van der Waals surface area (Å²) in [6.45, 7) is 2.33. The van der Waals surface area contributed by atoms with Crippen molar-refractivity contribution >= 4 is 50.7 Å². The van der Waals surface area contributed by atoms with Crippen LogP contribution in [0.25, 0.3) is 10.2 Å². The highest BCUT2D eigenvalue weighted by atomic mass is 35.5. The monoisotopic (exact) mass is 410 g/mol. The molecule has 26 heavy (non-hydrogen) atoms. The molecule has 0 fully saturated rings. The Kier molecular flexibility index (Phi) is 5.86. The van der Waals surface area contributed by atoms with Crippen molar-refractivity contribution in [2.75, 3.05) is 13.2 Å². The van der Waals surface area contributed by atoms with Crippen LogP contribution in [0.1, 0.15) is 6.92 Å². The van der Waals surface area contributed by atoms with Crippen molar-refractivity contribution in [2.45, 2.75) is 6.92 Å². The molecular formula is C18H16Cl2N2O3S. The summed E-state index contributed by atoms with van der Waals surface area (Å²) in [7, 11) is 1.86. The van der Waals surface area contributed by atoms with E-state index in [1.54, 1.807) is 18.2 Å². The van der Waals surface area contributed by atoms with E-state index < -0.39 is 5.91 Å². The zero-order valence-corrected chi connectivity index (χ0v) is 16.5. The van der Waals surface area contributed by atoms with Crippen molar-refractivity contribution < 1.29 is 14.3 Å². The number of aromatic nitrogens is 1. The highest BCUT2D eigenvalue weighted by Crippen LogP contribution is 2.27. The molecule has 0 spiro atoms. The lowest BCUT2D eigenvalue weighted by Crippen LogP contribution is -2.17. The molecule has 5 nitrogen and oxygen atoms in total. The molecule has 3 rings (SSSR count). The van der Waals surface area contributed by atoms with Gasteiger partial charge in [0.2, 0.25) is 0 Å². The highest BCUT2D eigenvalue weighted by Gasteiger charge is 2.09. The standard InChI is InChI=1S/C18H16Cl2N2O3S/c1-3-24-12-5-6-14-16(9-12)26-18(22(14)2)21-17(23)10-25-15-7-4-11(19)8-13(15)20/h4-9H,3,10H2,1-2H3. The minimum Gasteiger partial charge on any atom is -0.494 e. The van der Waals surface area contributed by atoms with E-state index in [2.05, 4.69) is 4.99 Å². The second-order valence-corrected chi connectivity index (χ2v) is 7.23. The lowest BCUT2D eigenvalue weighted by Gasteiger charge is -2.05. The Morgan fingerprint density at radius 3 is 2.73 bits per heavy atom. The zero-order valence-electron chi connectivity index (χ0n) is 14.2. The van der Waals surface area contributed by atoms with E-state index in [0.717, 1.165) is 16.0 Å². The van der Waals surface area contributed by atoms with Gasteiger partial charge in [-0.05, 0) is 43.3 Å². The predicted octanol–water partition coefficient (Wildman–Crippen LogP) is 4.45. The topological polar surface area (TPSA) is 52.8 Å². The summed E-state index contributed by atoms with van der Waals surface area (Å²) in [5.74, 6) is 0.783. The van der Waals surface area contributed by atoms with Crippen LogP contribution in [0.4, 0.5) is 0 Å². The first kappa shape index (κ1) is 18.8. The molecule has 3 aromatic rings. The van der Waals surface area contributed by atoms with Crippen molar-refractivity contribution in [3.63, 3.8) is 0 Å². The second-order valence-electron chi connectivity index (χ2n) is 5.38. The molecule has 2 aromatic carbocycles. The van der Waals surface area contributed by atoms with Crippen LogP contribution in [0.15, 0.2) is 41.4 Å². The number of halogens is 2. The number of carbonyl (C=O) groups excluding carboxylic acids is 1. The molecule has 0 aliphatic rings. The fourth-order valence-corrected chi connectivity index (χ4v) is 3.88. The Morgan fingerprint density at radius 1 is 1.19 bits per heavy atom. The zero-order chi connectivity index (χ0) is 18.7. The number of amides is 1. The van der Waals surface area contributed by atoms with Crippen molar-refractivity contribution in [1.82, 2.24) is 4.57 Å². The van der Waals surface area contributed by atoms with E-state index in [-0.39, 0.29) is 6.61 Å². The van der Waals surface area contributed by atoms with Crippen molar-refractivity contribution in [1.29, 1.82) is 0 Å².